The van der Waals surface area contributed by atoms with E-state index in [1.54, 1.807) is 0 Å². The molecule has 8 nitrogen and oxygen atoms in total. The molecule has 0 bridgehead atoms. The highest BCUT2D eigenvalue weighted by Gasteiger charge is 2.34. The quantitative estimate of drug-likeness (QED) is 0.792. The van der Waals surface area contributed by atoms with E-state index in [2.05, 4.69) is 20.2 Å². The predicted octanol–water partition coefficient (Wildman–Crippen LogP) is 0.0690. The van der Waals surface area contributed by atoms with Gasteiger partial charge in [-0.2, -0.15) is 0 Å². The van der Waals surface area contributed by atoms with Gasteiger partial charge in [-0.1, -0.05) is 0 Å². The number of nitrogens with one attached hydrogen (secondary N) is 1. The fourth-order valence-electron chi connectivity index (χ4n) is 3.82. The number of carbonyl (C=O) groups is 1. The lowest BCUT2D eigenvalue weighted by Gasteiger charge is -2.33. The summed E-state index contributed by atoms with van der Waals surface area (Å²) in [5, 5.41) is 3.03. The Bertz CT molecular complexity index is 790. The maximum atomic E-state index is 12.3. The van der Waals surface area contributed by atoms with Gasteiger partial charge in [0.1, 0.15) is 0 Å². The lowest BCUT2D eigenvalue weighted by Crippen LogP contribution is -2.47. The first-order valence-electron chi connectivity index (χ1n) is 9.18. The van der Waals surface area contributed by atoms with Crippen LogP contribution in [0.4, 0.5) is 5.95 Å². The van der Waals surface area contributed by atoms with Crippen LogP contribution in [0.1, 0.15) is 30.5 Å². The van der Waals surface area contributed by atoms with Crippen molar-refractivity contribution in [1.29, 1.82) is 0 Å². The van der Waals surface area contributed by atoms with Crippen molar-refractivity contribution in [1.82, 2.24) is 15.3 Å². The highest BCUT2D eigenvalue weighted by Crippen LogP contribution is 2.22. The van der Waals surface area contributed by atoms with Gasteiger partial charge in [0.2, 0.25) is 11.9 Å². The number of amides is 1. The van der Waals surface area contributed by atoms with E-state index in [1.807, 2.05) is 6.20 Å². The molecule has 0 spiro atoms. The number of aromatic nitrogens is 2. The van der Waals surface area contributed by atoms with Crippen molar-refractivity contribution in [2.24, 2.45) is 5.92 Å². The zero-order chi connectivity index (χ0) is 18.1. The molecule has 0 radical (unpaired) electrons. The minimum atomic E-state index is -3.03. The first kappa shape index (κ1) is 17.7. The molecule has 2 saturated heterocycles. The molecule has 0 unspecified atom stereocenters. The van der Waals surface area contributed by atoms with Gasteiger partial charge in [-0.05, 0) is 19.3 Å². The van der Waals surface area contributed by atoms with Gasteiger partial charge >= 0.3 is 0 Å². The van der Waals surface area contributed by atoms with Crippen LogP contribution < -0.4 is 10.2 Å². The van der Waals surface area contributed by atoms with Crippen molar-refractivity contribution in [3.63, 3.8) is 0 Å². The molecular formula is C17H24N4O4S. The molecule has 1 atom stereocenters. The molecule has 26 heavy (non-hydrogen) atoms. The Morgan fingerprint density at radius 2 is 2.08 bits per heavy atom. The highest BCUT2D eigenvalue weighted by atomic mass is 32.2. The molecule has 0 saturated carbocycles. The maximum absolute atomic E-state index is 12.3. The average molecular weight is 380 g/mol. The second-order valence-corrected chi connectivity index (χ2v) is 9.54. The summed E-state index contributed by atoms with van der Waals surface area (Å²) in [5.41, 5.74) is 2.13. The largest absolute Gasteiger partial charge is 0.376 e. The minimum Gasteiger partial charge on any atom is -0.376 e. The highest BCUT2D eigenvalue weighted by molar-refractivity contribution is 7.91. The summed E-state index contributed by atoms with van der Waals surface area (Å²) in [6, 6.07) is 0.0908. The van der Waals surface area contributed by atoms with Crippen molar-refractivity contribution in [2.45, 2.75) is 38.3 Å². The predicted molar refractivity (Wildman–Crippen MR) is 95.5 cm³/mol. The first-order valence-corrected chi connectivity index (χ1v) is 11.0. The van der Waals surface area contributed by atoms with Gasteiger partial charge in [0, 0.05) is 37.3 Å². The summed E-state index contributed by atoms with van der Waals surface area (Å²) in [7, 11) is -3.03. The van der Waals surface area contributed by atoms with E-state index in [-0.39, 0.29) is 29.4 Å². The molecule has 2 fully saturated rings. The minimum absolute atomic E-state index is 0.00957. The Balaban J connectivity index is 1.31. The van der Waals surface area contributed by atoms with Crippen molar-refractivity contribution in [3.8, 4) is 0 Å². The molecule has 9 heteroatoms. The summed E-state index contributed by atoms with van der Waals surface area (Å²) in [4.78, 5) is 23.6. The van der Waals surface area contributed by atoms with Crippen LogP contribution in [0.25, 0.3) is 0 Å². The van der Waals surface area contributed by atoms with E-state index in [0.717, 1.165) is 49.6 Å². The molecule has 4 rings (SSSR count). The number of hydrogen-bond donors (Lipinski definition) is 1. The van der Waals surface area contributed by atoms with Gasteiger partial charge in [0.05, 0.1) is 36.3 Å². The van der Waals surface area contributed by atoms with Crippen LogP contribution in [0.3, 0.4) is 0 Å². The molecule has 3 aliphatic heterocycles. The van der Waals surface area contributed by atoms with Crippen LogP contribution in [-0.4, -0.2) is 61.5 Å². The summed E-state index contributed by atoms with van der Waals surface area (Å²) in [5.74, 6) is 0.366. The molecule has 1 amide bonds. The van der Waals surface area contributed by atoms with E-state index in [4.69, 9.17) is 4.74 Å². The Kier molecular flexibility index (Phi) is 4.83. The summed E-state index contributed by atoms with van der Waals surface area (Å²) in [6.45, 7) is 2.85. The Labute approximate surface area is 153 Å². The van der Waals surface area contributed by atoms with E-state index < -0.39 is 9.84 Å². The fraction of sp³-hybridized carbons (Fsp3) is 0.706. The number of piperidine rings is 1. The van der Waals surface area contributed by atoms with Gasteiger partial charge < -0.3 is 15.0 Å². The van der Waals surface area contributed by atoms with Crippen molar-refractivity contribution >= 4 is 21.7 Å². The third-order valence-electron chi connectivity index (χ3n) is 5.41. The molecule has 1 aromatic rings. The lowest BCUT2D eigenvalue weighted by molar-refractivity contribution is -0.125. The summed E-state index contributed by atoms with van der Waals surface area (Å²) < 4.78 is 28.5. The van der Waals surface area contributed by atoms with Gasteiger partial charge in [-0.25, -0.2) is 18.4 Å². The number of nitrogens with zero attached hydrogens (tertiary/aromatic N) is 3. The van der Waals surface area contributed by atoms with Crippen LogP contribution >= 0.6 is 0 Å². The van der Waals surface area contributed by atoms with Crippen LogP contribution in [0.5, 0.6) is 0 Å². The second kappa shape index (κ2) is 7.11. The van der Waals surface area contributed by atoms with Crippen LogP contribution in [-0.2, 0) is 32.4 Å². The lowest BCUT2D eigenvalue weighted by atomic mass is 10.0. The maximum Gasteiger partial charge on any atom is 0.225 e. The third kappa shape index (κ3) is 3.83. The Hall–Kier alpha value is -1.74. The van der Waals surface area contributed by atoms with Crippen molar-refractivity contribution in [2.75, 3.05) is 36.1 Å². The van der Waals surface area contributed by atoms with Gasteiger partial charge in [-0.15, -0.1) is 0 Å². The van der Waals surface area contributed by atoms with E-state index in [1.165, 1.54) is 0 Å². The van der Waals surface area contributed by atoms with Crippen molar-refractivity contribution < 1.29 is 17.9 Å². The normalized spacial score (nSPS) is 25.7. The summed E-state index contributed by atoms with van der Waals surface area (Å²) in [6.07, 6.45) is 4.75. The molecule has 142 valence electrons. The van der Waals surface area contributed by atoms with Crippen molar-refractivity contribution in [3.05, 3.63) is 17.5 Å². The van der Waals surface area contributed by atoms with E-state index in [0.29, 0.717) is 19.6 Å². The Morgan fingerprint density at radius 3 is 2.81 bits per heavy atom. The van der Waals surface area contributed by atoms with Crippen LogP contribution in [0.2, 0.25) is 0 Å². The number of carbonyl (C=O) groups excluding carboxylic acids is 1. The first-order chi connectivity index (χ1) is 12.5. The second-order valence-electron chi connectivity index (χ2n) is 7.31. The SMILES string of the molecule is O=C(NC1CCN(c2ncc3c(n2)CCOC3)CC1)[C@H]1CCS(=O)(=O)C1. The van der Waals surface area contributed by atoms with Gasteiger partial charge in [0.25, 0.3) is 0 Å². The smallest absolute Gasteiger partial charge is 0.225 e. The molecule has 4 heterocycles. The summed E-state index contributed by atoms with van der Waals surface area (Å²) >= 11 is 0. The zero-order valence-electron chi connectivity index (χ0n) is 14.7. The molecule has 1 N–H and O–H groups in total. The molecule has 1 aromatic heterocycles. The third-order valence-corrected chi connectivity index (χ3v) is 7.18. The van der Waals surface area contributed by atoms with Crippen LogP contribution in [0.15, 0.2) is 6.20 Å². The number of sulfone groups is 1. The topological polar surface area (TPSA) is 101 Å². The van der Waals surface area contributed by atoms with E-state index in [9.17, 15) is 13.2 Å². The fourth-order valence-corrected chi connectivity index (χ4v) is 5.56. The standard InChI is InChI=1S/C17H24N4O4S/c22-16(12-4-8-26(23,24)11-12)19-14-1-5-21(6-2-14)17-18-9-13-10-25-7-3-15(13)20-17/h9,12,14H,1-8,10-11H2,(H,19,22)/t12-/m0/s1. The molecular weight excluding hydrogens is 356 g/mol. The van der Waals surface area contributed by atoms with Crippen LogP contribution in [0, 0.1) is 5.92 Å². The molecule has 3 aliphatic rings. The Morgan fingerprint density at radius 1 is 1.27 bits per heavy atom. The van der Waals surface area contributed by atoms with E-state index >= 15 is 0 Å². The number of fused-ring (bicyclic) bond motifs is 1. The number of rotatable bonds is 3. The van der Waals surface area contributed by atoms with Gasteiger partial charge in [-0.3, -0.25) is 4.79 Å². The zero-order valence-corrected chi connectivity index (χ0v) is 15.5. The van der Waals surface area contributed by atoms with Gasteiger partial charge in [0.15, 0.2) is 9.84 Å². The molecule has 0 aromatic carbocycles. The number of hydrogen-bond acceptors (Lipinski definition) is 7. The number of ether oxygens (including phenoxy) is 1. The number of anilines is 1. The molecule has 0 aliphatic carbocycles. The monoisotopic (exact) mass is 380 g/mol. The average Bonchev–Trinajstić information content (AvgIpc) is 3.02.